The van der Waals surface area contributed by atoms with Crippen molar-refractivity contribution in [2.75, 3.05) is 0 Å². The highest BCUT2D eigenvalue weighted by molar-refractivity contribution is 8.04. The predicted octanol–water partition coefficient (Wildman–Crippen LogP) is 10.3. The zero-order chi connectivity index (χ0) is 26.5. The van der Waals surface area contributed by atoms with Crippen LogP contribution in [0.15, 0.2) is 4.52 Å². The van der Waals surface area contributed by atoms with E-state index in [0.717, 1.165) is 0 Å². The molecule has 0 atom stereocenters. The minimum absolute atomic E-state index is 0.196. The van der Waals surface area contributed by atoms with Crippen molar-refractivity contribution in [1.29, 1.82) is 0 Å². The van der Waals surface area contributed by atoms with Crippen LogP contribution in [0.3, 0.4) is 0 Å². The van der Waals surface area contributed by atoms with Gasteiger partial charge >= 0.3 is 0 Å². The molecule has 0 spiro atoms. The molecule has 0 aliphatic carbocycles. The number of halogens is 2. The van der Waals surface area contributed by atoms with Gasteiger partial charge in [-0.3, -0.25) is 0 Å². The largest absolute Gasteiger partial charge is 0.235 e. The molecule has 0 radical (unpaired) electrons. The maximum atomic E-state index is 6.71. The molecular formula is C24H54Cl2N4P2. The van der Waals surface area contributed by atoms with Crippen molar-refractivity contribution < 1.29 is 0 Å². The van der Waals surface area contributed by atoms with Crippen molar-refractivity contribution in [2.24, 2.45) is 4.52 Å². The lowest BCUT2D eigenvalue weighted by molar-refractivity contribution is 0.0392. The van der Waals surface area contributed by atoms with Crippen LogP contribution < -0.4 is 0 Å². The van der Waals surface area contributed by atoms with Crippen LogP contribution in [-0.4, -0.2) is 47.2 Å². The monoisotopic (exact) mass is 530 g/mol. The second-order valence-corrected chi connectivity index (χ2v) is 20.7. The van der Waals surface area contributed by atoms with Crippen LogP contribution >= 0.6 is 36.8 Å². The molecule has 4 nitrogen and oxygen atoms in total. The quantitative estimate of drug-likeness (QED) is 0.337. The van der Waals surface area contributed by atoms with Gasteiger partial charge < -0.3 is 0 Å². The molecule has 0 saturated carbocycles. The van der Waals surface area contributed by atoms with Gasteiger partial charge in [0.05, 0.1) is 0 Å². The molecule has 0 N–H and O–H groups in total. The third-order valence-electron chi connectivity index (χ3n) is 4.81. The highest BCUT2D eigenvalue weighted by Crippen LogP contribution is 2.76. The Morgan fingerprint density at radius 3 is 0.688 bits per heavy atom. The summed E-state index contributed by atoms with van der Waals surface area (Å²) in [5.74, 6) is 0. The van der Waals surface area contributed by atoms with Gasteiger partial charge in [-0.1, -0.05) is 22.5 Å². The van der Waals surface area contributed by atoms with E-state index in [1.807, 2.05) is 0 Å². The smallest absolute Gasteiger partial charge is 0.209 e. The summed E-state index contributed by atoms with van der Waals surface area (Å²) < 4.78 is 13.4. The molecule has 0 unspecified atom stereocenters. The van der Waals surface area contributed by atoms with E-state index in [1.54, 1.807) is 0 Å². The van der Waals surface area contributed by atoms with Gasteiger partial charge in [-0.25, -0.2) is 18.5 Å². The topological polar surface area (TPSA) is 22.1 Å². The second-order valence-electron chi connectivity index (χ2n) is 14.8. The molecular weight excluding hydrogens is 477 g/mol. The fourth-order valence-electron chi connectivity index (χ4n) is 5.91. The number of nitrogens with zero attached hydrogens (tertiary/aromatic N) is 4. The lowest BCUT2D eigenvalue weighted by Crippen LogP contribution is -2.66. The first-order chi connectivity index (χ1) is 13.5. The first-order valence-corrected chi connectivity index (χ1v) is 16.4. The molecule has 0 saturated heterocycles. The van der Waals surface area contributed by atoms with Gasteiger partial charge in [-0.2, -0.15) is 0 Å². The van der Waals surface area contributed by atoms with Crippen molar-refractivity contribution in [1.82, 2.24) is 14.0 Å². The molecule has 0 aromatic carbocycles. The van der Waals surface area contributed by atoms with Crippen molar-refractivity contribution in [2.45, 2.75) is 158 Å². The van der Waals surface area contributed by atoms with E-state index in [4.69, 9.17) is 27.0 Å². The first-order valence-electron chi connectivity index (χ1n) is 11.7. The molecule has 0 rings (SSSR count). The molecule has 0 aromatic heterocycles. The predicted molar refractivity (Wildman–Crippen MR) is 152 cm³/mol. The van der Waals surface area contributed by atoms with Gasteiger partial charge in [-0.15, -0.1) is 0 Å². The number of hydrogen-bond donors (Lipinski definition) is 0. The summed E-state index contributed by atoms with van der Waals surface area (Å²) >= 11 is 13.4. The second kappa shape index (κ2) is 9.88. The van der Waals surface area contributed by atoms with E-state index in [9.17, 15) is 0 Å². The average molecular weight is 532 g/mol. The summed E-state index contributed by atoms with van der Waals surface area (Å²) in [5.41, 5.74) is -1.18. The van der Waals surface area contributed by atoms with Crippen molar-refractivity contribution in [3.63, 3.8) is 0 Å². The summed E-state index contributed by atoms with van der Waals surface area (Å²) in [6.45, 7) is 39.7. The summed E-state index contributed by atoms with van der Waals surface area (Å²) in [6.07, 6.45) is 0. The molecule has 0 amide bonds. The van der Waals surface area contributed by atoms with E-state index in [-0.39, 0.29) is 33.2 Å². The van der Waals surface area contributed by atoms with Crippen LogP contribution in [0.25, 0.3) is 0 Å². The Bertz CT molecular complexity index is 552. The standard InChI is InChI=1S/C24H54Cl2N4P2/c1-19(2,3)28(20(4,5)6)32(27-31(25)26,29(21(7,8)9)22(10,11)12)30(23(13,14)15)24(16,17)18/h1-18H3. The average Bonchev–Trinajstić information content (AvgIpc) is 2.23. The summed E-state index contributed by atoms with van der Waals surface area (Å²) in [5, 5.41) is 0. The van der Waals surface area contributed by atoms with Gasteiger partial charge in [0.15, 0.2) is 7.51 Å². The van der Waals surface area contributed by atoms with Gasteiger partial charge in [0.25, 0.3) is 0 Å². The van der Waals surface area contributed by atoms with Gasteiger partial charge in [-0.05, 0) is 125 Å². The summed E-state index contributed by atoms with van der Waals surface area (Å²) in [7, 11) is -2.72. The summed E-state index contributed by atoms with van der Waals surface area (Å²) in [6, 6.07) is 0. The Hall–Kier alpha value is 1.12. The van der Waals surface area contributed by atoms with E-state index < -0.39 is 14.3 Å². The van der Waals surface area contributed by atoms with Gasteiger partial charge in [0, 0.05) is 33.2 Å². The van der Waals surface area contributed by atoms with Gasteiger partial charge in [0.1, 0.15) is 0 Å². The van der Waals surface area contributed by atoms with Crippen molar-refractivity contribution in [3.8, 4) is 0 Å². The van der Waals surface area contributed by atoms with Crippen molar-refractivity contribution >= 4 is 36.8 Å². The van der Waals surface area contributed by atoms with E-state index in [1.165, 1.54) is 0 Å². The van der Waals surface area contributed by atoms with Crippen LogP contribution in [0.5, 0.6) is 0 Å². The molecule has 32 heavy (non-hydrogen) atoms. The fourth-order valence-corrected chi connectivity index (χ4v) is 14.6. The fraction of sp³-hybridized carbons (Fsp3) is 1.00. The zero-order valence-corrected chi connectivity index (χ0v) is 27.7. The Kier molecular flexibility index (Phi) is 10.2. The third-order valence-corrected chi connectivity index (χ3v) is 12.7. The molecule has 0 heterocycles. The van der Waals surface area contributed by atoms with Crippen LogP contribution in [0.2, 0.25) is 0 Å². The molecule has 8 heteroatoms. The number of rotatable bonds is 4. The first kappa shape index (κ1) is 33.1. The van der Waals surface area contributed by atoms with Crippen LogP contribution in [0.1, 0.15) is 125 Å². The Morgan fingerprint density at radius 1 is 0.438 bits per heavy atom. The maximum absolute atomic E-state index is 6.71. The lowest BCUT2D eigenvalue weighted by atomic mass is 10.0. The molecule has 0 fully saturated rings. The highest BCUT2D eigenvalue weighted by atomic mass is 35.9. The zero-order valence-electron chi connectivity index (χ0n) is 24.4. The maximum Gasteiger partial charge on any atom is 0.209 e. The van der Waals surface area contributed by atoms with Crippen LogP contribution in [0, 0.1) is 0 Å². The van der Waals surface area contributed by atoms with Crippen molar-refractivity contribution in [3.05, 3.63) is 0 Å². The lowest BCUT2D eigenvalue weighted by Gasteiger charge is -2.67. The minimum atomic E-state index is -2.72. The SMILES string of the molecule is CC(C)(C)N(C(C)(C)C)P(=NP(Cl)Cl)(N(C(C)(C)C)C(C)(C)C)N(C(C)(C)C)C(C)(C)C. The Balaban J connectivity index is 8.49. The van der Waals surface area contributed by atoms with E-state index in [0.29, 0.717) is 0 Å². The van der Waals surface area contributed by atoms with E-state index >= 15 is 0 Å². The Morgan fingerprint density at radius 2 is 0.594 bits per heavy atom. The molecule has 0 bridgehead atoms. The highest BCUT2D eigenvalue weighted by Gasteiger charge is 2.59. The van der Waals surface area contributed by atoms with Crippen LogP contribution in [0.4, 0.5) is 0 Å². The number of hydrogen-bond acceptors (Lipinski definition) is 1. The molecule has 194 valence electrons. The van der Waals surface area contributed by atoms with Crippen LogP contribution in [-0.2, 0) is 0 Å². The minimum Gasteiger partial charge on any atom is -0.235 e. The molecule has 0 aliphatic heterocycles. The molecule has 0 aliphatic rings. The van der Waals surface area contributed by atoms with E-state index in [2.05, 4.69) is 139 Å². The molecule has 0 aromatic rings. The third kappa shape index (κ3) is 7.81. The summed E-state index contributed by atoms with van der Waals surface area (Å²) in [4.78, 5) is 0. The Labute approximate surface area is 212 Å². The normalized spacial score (nSPS) is 16.0. The van der Waals surface area contributed by atoms with Gasteiger partial charge in [0.2, 0.25) is 6.78 Å².